The van der Waals surface area contributed by atoms with Crippen molar-refractivity contribution in [1.29, 1.82) is 0 Å². The standard InChI is InChI=1S/C17H33O6P/c18-11-13(9-16(20)21)5-2-1-3-7-15(24)8-4-6-14(12-19)10-17(22)23/h13-15,18-19H,1-12,24H2,(H,20,21)(H,22,23). The number of unbranched alkanes of at least 4 members (excludes halogenated alkanes) is 2. The van der Waals surface area contributed by atoms with Gasteiger partial charge in [-0.25, -0.2) is 0 Å². The Labute approximate surface area is 146 Å². The van der Waals surface area contributed by atoms with Gasteiger partial charge in [-0.2, -0.15) is 0 Å². The highest BCUT2D eigenvalue weighted by Gasteiger charge is 2.13. The zero-order valence-corrected chi connectivity index (χ0v) is 15.6. The van der Waals surface area contributed by atoms with Gasteiger partial charge in [0, 0.05) is 13.2 Å². The van der Waals surface area contributed by atoms with E-state index in [1.54, 1.807) is 0 Å². The molecule has 0 aromatic rings. The molecule has 0 aliphatic heterocycles. The van der Waals surface area contributed by atoms with Crippen molar-refractivity contribution in [2.24, 2.45) is 11.8 Å². The van der Waals surface area contributed by atoms with Gasteiger partial charge in [0.05, 0.1) is 12.8 Å². The molecule has 4 atom stereocenters. The third-order valence-electron chi connectivity index (χ3n) is 4.32. The fourth-order valence-corrected chi connectivity index (χ4v) is 3.31. The molecule has 0 fully saturated rings. The number of aliphatic hydroxyl groups is 2. The molecule has 0 aromatic carbocycles. The maximum absolute atomic E-state index is 10.6. The third-order valence-corrected chi connectivity index (χ3v) is 4.98. The summed E-state index contributed by atoms with van der Waals surface area (Å²) in [5.74, 6) is -2.01. The Balaban J connectivity index is 3.66. The monoisotopic (exact) mass is 364 g/mol. The first-order valence-corrected chi connectivity index (χ1v) is 9.46. The van der Waals surface area contributed by atoms with Gasteiger partial charge in [0.1, 0.15) is 0 Å². The van der Waals surface area contributed by atoms with Crippen molar-refractivity contribution in [1.82, 2.24) is 0 Å². The molecule has 142 valence electrons. The van der Waals surface area contributed by atoms with Crippen molar-refractivity contribution in [3.63, 3.8) is 0 Å². The van der Waals surface area contributed by atoms with Crippen molar-refractivity contribution < 1.29 is 30.0 Å². The summed E-state index contributed by atoms with van der Waals surface area (Å²) in [6.07, 6.45) is 7.55. The number of rotatable bonds is 16. The third kappa shape index (κ3) is 13.7. The molecule has 0 radical (unpaired) electrons. The van der Waals surface area contributed by atoms with Crippen LogP contribution in [0, 0.1) is 11.8 Å². The van der Waals surface area contributed by atoms with Crippen LogP contribution < -0.4 is 0 Å². The Morgan fingerprint density at radius 2 is 1.12 bits per heavy atom. The van der Waals surface area contributed by atoms with E-state index in [9.17, 15) is 9.59 Å². The normalized spacial score (nSPS) is 15.0. The van der Waals surface area contributed by atoms with Crippen molar-refractivity contribution in [3.05, 3.63) is 0 Å². The van der Waals surface area contributed by atoms with E-state index in [4.69, 9.17) is 20.4 Å². The van der Waals surface area contributed by atoms with Gasteiger partial charge < -0.3 is 20.4 Å². The Morgan fingerprint density at radius 1 is 0.708 bits per heavy atom. The van der Waals surface area contributed by atoms with Crippen LogP contribution in [0.4, 0.5) is 0 Å². The molecule has 4 unspecified atom stereocenters. The Morgan fingerprint density at radius 3 is 1.58 bits per heavy atom. The highest BCUT2D eigenvalue weighted by molar-refractivity contribution is 7.17. The van der Waals surface area contributed by atoms with Gasteiger partial charge in [-0.05, 0) is 43.2 Å². The van der Waals surface area contributed by atoms with E-state index in [1.807, 2.05) is 0 Å². The number of aliphatic hydroxyl groups excluding tert-OH is 2. The van der Waals surface area contributed by atoms with Crippen molar-refractivity contribution in [2.75, 3.05) is 13.2 Å². The van der Waals surface area contributed by atoms with Crippen LogP contribution in [0.5, 0.6) is 0 Å². The minimum atomic E-state index is -0.861. The van der Waals surface area contributed by atoms with Crippen LogP contribution in [0.25, 0.3) is 0 Å². The Kier molecular flexibility index (Phi) is 14.2. The molecule has 0 saturated carbocycles. The number of carbonyl (C=O) groups is 2. The lowest BCUT2D eigenvalue weighted by Crippen LogP contribution is -2.12. The Bertz CT molecular complexity index is 350. The summed E-state index contributed by atoms with van der Waals surface area (Å²) >= 11 is 0. The molecule has 0 bridgehead atoms. The van der Waals surface area contributed by atoms with Gasteiger partial charge in [0.15, 0.2) is 0 Å². The lowest BCUT2D eigenvalue weighted by Gasteiger charge is -2.15. The predicted octanol–water partition coefficient (Wildman–Crippen LogP) is 2.52. The quantitative estimate of drug-likeness (QED) is 0.247. The molecule has 0 heterocycles. The molecular formula is C17H33O6P. The summed E-state index contributed by atoms with van der Waals surface area (Å²) in [7, 11) is 2.83. The Hall–Kier alpha value is -0.710. The zero-order chi connectivity index (χ0) is 18.4. The lowest BCUT2D eigenvalue weighted by molar-refractivity contribution is -0.139. The summed E-state index contributed by atoms with van der Waals surface area (Å²) in [5.41, 5.74) is 0.488. The number of aliphatic carboxylic acids is 2. The van der Waals surface area contributed by atoms with E-state index >= 15 is 0 Å². The number of hydrogen-bond donors (Lipinski definition) is 4. The first kappa shape index (κ1) is 23.3. The second-order valence-electron chi connectivity index (χ2n) is 6.62. The van der Waals surface area contributed by atoms with Gasteiger partial charge >= 0.3 is 11.9 Å². The highest BCUT2D eigenvalue weighted by atomic mass is 31.0. The van der Waals surface area contributed by atoms with Gasteiger partial charge in [-0.15, -0.1) is 9.24 Å². The highest BCUT2D eigenvalue weighted by Crippen LogP contribution is 2.21. The molecule has 7 heteroatoms. The molecule has 4 N–H and O–H groups in total. The van der Waals surface area contributed by atoms with E-state index < -0.39 is 11.9 Å². The molecule has 6 nitrogen and oxygen atoms in total. The molecule has 0 saturated heterocycles. The predicted molar refractivity (Wildman–Crippen MR) is 96.1 cm³/mol. The first-order chi connectivity index (χ1) is 11.4. The van der Waals surface area contributed by atoms with Crippen molar-refractivity contribution in [3.8, 4) is 0 Å². The van der Waals surface area contributed by atoms with Crippen LogP contribution >= 0.6 is 9.24 Å². The SMILES string of the molecule is O=C(O)CC(CO)CCCCCC(P)CCCC(CO)CC(=O)O. The summed E-state index contributed by atoms with van der Waals surface area (Å²) in [6.45, 7) is -0.142. The largest absolute Gasteiger partial charge is 0.481 e. The molecule has 0 amide bonds. The minimum Gasteiger partial charge on any atom is -0.481 e. The second kappa shape index (κ2) is 14.6. The summed E-state index contributed by atoms with van der Waals surface area (Å²) in [6, 6.07) is 0. The van der Waals surface area contributed by atoms with Gasteiger partial charge in [0.2, 0.25) is 0 Å². The second-order valence-corrected chi connectivity index (χ2v) is 7.56. The van der Waals surface area contributed by atoms with Crippen LogP contribution in [0.15, 0.2) is 0 Å². The maximum Gasteiger partial charge on any atom is 0.303 e. The van der Waals surface area contributed by atoms with E-state index in [0.29, 0.717) is 5.66 Å². The average molecular weight is 364 g/mol. The van der Waals surface area contributed by atoms with E-state index in [-0.39, 0.29) is 37.9 Å². The summed E-state index contributed by atoms with van der Waals surface area (Å²) < 4.78 is 0. The molecule has 0 aliphatic carbocycles. The van der Waals surface area contributed by atoms with Crippen molar-refractivity contribution >= 4 is 21.2 Å². The zero-order valence-electron chi connectivity index (χ0n) is 14.4. The average Bonchev–Trinajstić information content (AvgIpc) is 2.51. The van der Waals surface area contributed by atoms with E-state index in [2.05, 4.69) is 9.24 Å². The maximum atomic E-state index is 10.6. The first-order valence-electron chi connectivity index (χ1n) is 8.79. The number of carboxylic acid groups (broad SMARTS) is 2. The van der Waals surface area contributed by atoms with Crippen LogP contribution in [-0.2, 0) is 9.59 Å². The number of hydrogen-bond acceptors (Lipinski definition) is 4. The van der Waals surface area contributed by atoms with Crippen LogP contribution in [0.2, 0.25) is 0 Å². The van der Waals surface area contributed by atoms with E-state index in [1.165, 1.54) is 0 Å². The molecule has 0 aliphatic rings. The molecular weight excluding hydrogens is 331 g/mol. The fraction of sp³-hybridized carbons (Fsp3) is 0.882. The molecule has 0 aromatic heterocycles. The number of carboxylic acids is 2. The molecule has 24 heavy (non-hydrogen) atoms. The van der Waals surface area contributed by atoms with Gasteiger partial charge in [-0.1, -0.05) is 25.7 Å². The molecule has 0 spiro atoms. The fourth-order valence-electron chi connectivity index (χ4n) is 2.84. The van der Waals surface area contributed by atoms with Crippen LogP contribution in [-0.4, -0.2) is 51.2 Å². The molecule has 0 rings (SSSR count). The minimum absolute atomic E-state index is 0.0282. The topological polar surface area (TPSA) is 115 Å². The van der Waals surface area contributed by atoms with Gasteiger partial charge in [-0.3, -0.25) is 9.59 Å². The summed E-state index contributed by atoms with van der Waals surface area (Å²) in [4.78, 5) is 21.2. The van der Waals surface area contributed by atoms with Crippen LogP contribution in [0.3, 0.4) is 0 Å². The lowest BCUT2D eigenvalue weighted by atomic mass is 9.96. The van der Waals surface area contributed by atoms with Crippen molar-refractivity contribution in [2.45, 2.75) is 69.9 Å². The summed E-state index contributed by atoms with van der Waals surface area (Å²) in [5, 5.41) is 35.7. The smallest absolute Gasteiger partial charge is 0.303 e. The van der Waals surface area contributed by atoms with E-state index in [0.717, 1.165) is 51.4 Å². The van der Waals surface area contributed by atoms with Crippen LogP contribution in [0.1, 0.15) is 64.2 Å². The van der Waals surface area contributed by atoms with Gasteiger partial charge in [0.25, 0.3) is 0 Å².